The van der Waals surface area contributed by atoms with Crippen LogP contribution in [0.4, 0.5) is 0 Å². The van der Waals surface area contributed by atoms with Gasteiger partial charge in [-0.25, -0.2) is 0 Å². The Labute approximate surface area is 383 Å². The zero-order valence-electron chi connectivity index (χ0n) is 38.6. The molecule has 0 spiro atoms. The molecule has 0 amide bonds. The summed E-state index contributed by atoms with van der Waals surface area (Å²) < 4.78 is 16.4. The third-order valence-electron chi connectivity index (χ3n) is 9.03. The van der Waals surface area contributed by atoms with E-state index in [1.807, 2.05) is 0 Å². The topological polar surface area (TPSA) is 44.8 Å². The van der Waals surface area contributed by atoms with Gasteiger partial charge in [-0.2, -0.15) is 0 Å². The molecule has 0 fully saturated rings. The van der Waals surface area contributed by atoms with Gasteiger partial charge in [0.2, 0.25) is 0 Å². The van der Waals surface area contributed by atoms with E-state index in [-0.39, 0.29) is 47.5 Å². The molecule has 0 aliphatic carbocycles. The SMILES string of the molecule is CCOCCCP(c1ccccc1)c1ccccc1.CCOCCCP(c1ccccc1)c1ccccc1.CCOCCCP(c1ccccc1)c1ccccc1.[C]=O.[H-].[H-].[H-].[Rh+3]. The molecule has 0 bridgehead atoms. The summed E-state index contributed by atoms with van der Waals surface area (Å²) in [5.41, 5.74) is 0. The van der Waals surface area contributed by atoms with Crippen molar-refractivity contribution in [2.24, 2.45) is 0 Å². The molecule has 0 atom stereocenters. The summed E-state index contributed by atoms with van der Waals surface area (Å²) in [6.07, 6.45) is 6.98. The first-order valence-corrected chi connectivity index (χ1v) is 25.4. The fourth-order valence-electron chi connectivity index (χ4n) is 6.28. The summed E-state index contributed by atoms with van der Waals surface area (Å²) in [5, 5.41) is 8.75. The number of carbonyl (C=O) groups excluding carboxylic acids is 1. The molecule has 0 aliphatic rings. The first-order chi connectivity index (χ1) is 29.2. The van der Waals surface area contributed by atoms with E-state index < -0.39 is 0 Å². The van der Waals surface area contributed by atoms with Crippen molar-refractivity contribution in [1.82, 2.24) is 0 Å². The second-order valence-corrected chi connectivity index (χ2v) is 20.1. The maximum Gasteiger partial charge on any atom is 3.00 e. The van der Waals surface area contributed by atoms with E-state index in [4.69, 9.17) is 19.0 Å². The summed E-state index contributed by atoms with van der Waals surface area (Å²) in [6, 6.07) is 65.1. The molecule has 0 aromatic heterocycles. The van der Waals surface area contributed by atoms with Gasteiger partial charge in [0, 0.05) is 39.6 Å². The number of rotatable bonds is 21. The van der Waals surface area contributed by atoms with Gasteiger partial charge in [0.05, 0.1) is 0 Å². The van der Waals surface area contributed by atoms with Crippen LogP contribution in [0.15, 0.2) is 182 Å². The largest absolute Gasteiger partial charge is 3.00 e. The smallest absolute Gasteiger partial charge is 1.00 e. The Kier molecular flexibility index (Phi) is 31.2. The molecule has 0 N–H and O–H groups in total. The average Bonchev–Trinajstić information content (AvgIpc) is 3.32. The van der Waals surface area contributed by atoms with Crippen molar-refractivity contribution in [3.63, 3.8) is 0 Å². The summed E-state index contributed by atoms with van der Waals surface area (Å²) in [4.78, 5) is 7.50. The Hall–Kier alpha value is -3.22. The number of hydrogen-bond donors (Lipinski definition) is 0. The van der Waals surface area contributed by atoms with Gasteiger partial charge >= 0.3 is 19.5 Å². The van der Waals surface area contributed by atoms with E-state index in [0.717, 1.165) is 58.9 Å². The van der Waals surface area contributed by atoms with Gasteiger partial charge in [0.15, 0.2) is 0 Å². The molecule has 8 heteroatoms. The molecule has 6 rings (SSSR count). The predicted molar refractivity (Wildman–Crippen MR) is 264 cm³/mol. The van der Waals surface area contributed by atoms with Gasteiger partial charge in [0.25, 0.3) is 6.79 Å². The van der Waals surface area contributed by atoms with Crippen LogP contribution in [-0.4, -0.2) is 64.9 Å². The van der Waals surface area contributed by atoms with Crippen LogP contribution in [0, 0.1) is 0 Å². The number of hydrogen-bond acceptors (Lipinski definition) is 4. The molecule has 6 aromatic rings. The molecule has 4 nitrogen and oxygen atoms in total. The van der Waals surface area contributed by atoms with Crippen molar-refractivity contribution >= 4 is 62.4 Å². The summed E-state index contributed by atoms with van der Waals surface area (Å²) in [7, 11) is -0.742. The van der Waals surface area contributed by atoms with E-state index in [1.54, 1.807) is 0 Å². The van der Waals surface area contributed by atoms with Crippen LogP contribution >= 0.6 is 23.8 Å². The Bertz CT molecular complexity index is 1510. The van der Waals surface area contributed by atoms with Gasteiger partial charge in [-0.1, -0.05) is 182 Å². The van der Waals surface area contributed by atoms with E-state index in [0.29, 0.717) is 0 Å². The standard InChI is InChI=1S/3C17H21OP.CO.Rh.3H/c3*1-2-18-14-9-15-19(16-10-5-3-6-11-16)17-12-7-4-8-13-17;1-2;;;;/h3*3-8,10-13H,2,9,14-15H2,1H3;;;;;/q;;;;+3;3*-1. The third kappa shape index (κ3) is 21.0. The first kappa shape index (κ1) is 52.9. The minimum Gasteiger partial charge on any atom is -1.00 e. The summed E-state index contributed by atoms with van der Waals surface area (Å²) in [5.74, 6) is 0. The Balaban J connectivity index is 0. The van der Waals surface area contributed by atoms with Gasteiger partial charge in [0.1, 0.15) is 0 Å². The predicted octanol–water partition coefficient (Wildman–Crippen LogP) is 10.6. The number of ether oxygens (including phenoxy) is 3. The van der Waals surface area contributed by atoms with Crippen LogP contribution < -0.4 is 31.8 Å². The Morgan fingerprint density at radius 3 is 0.667 bits per heavy atom. The molecular weight excluding hydrogens is 884 g/mol. The Morgan fingerprint density at radius 1 is 0.350 bits per heavy atom. The molecular formula is C52H66O4P3Rh. The molecule has 60 heavy (non-hydrogen) atoms. The van der Waals surface area contributed by atoms with E-state index in [2.05, 4.69) is 210 Å². The van der Waals surface area contributed by atoms with Gasteiger partial charge < -0.3 is 18.5 Å². The van der Waals surface area contributed by atoms with Crippen LogP contribution in [-0.2, 0) is 38.5 Å². The van der Waals surface area contributed by atoms with Crippen molar-refractivity contribution < 1.29 is 42.8 Å². The van der Waals surface area contributed by atoms with Crippen molar-refractivity contribution in [2.75, 3.05) is 58.1 Å². The van der Waals surface area contributed by atoms with Crippen LogP contribution in [0.25, 0.3) is 0 Å². The van der Waals surface area contributed by atoms with Crippen LogP contribution in [0.1, 0.15) is 44.3 Å². The summed E-state index contributed by atoms with van der Waals surface area (Å²) >= 11 is 0. The van der Waals surface area contributed by atoms with Crippen LogP contribution in [0.5, 0.6) is 0 Å². The molecule has 0 saturated heterocycles. The third-order valence-corrected chi connectivity index (χ3v) is 16.9. The van der Waals surface area contributed by atoms with E-state index in [1.165, 1.54) is 50.3 Å². The van der Waals surface area contributed by atoms with Crippen molar-refractivity contribution in [2.45, 2.75) is 40.0 Å². The maximum atomic E-state index is 7.50. The van der Waals surface area contributed by atoms with Crippen LogP contribution in [0.2, 0.25) is 0 Å². The van der Waals surface area contributed by atoms with Crippen molar-refractivity contribution in [3.8, 4) is 0 Å². The molecule has 6 aromatic carbocycles. The van der Waals surface area contributed by atoms with Gasteiger partial charge in [-0.15, -0.1) is 0 Å². The normalized spacial score (nSPS) is 10.4. The molecule has 0 heterocycles. The first-order valence-electron chi connectivity index (χ1n) is 20.8. The molecule has 0 unspecified atom stereocenters. The molecule has 2 radical (unpaired) electrons. The monoisotopic (exact) mass is 950 g/mol. The second-order valence-electron chi connectivity index (χ2n) is 13.1. The fourth-order valence-corrected chi connectivity index (χ4v) is 13.2. The van der Waals surface area contributed by atoms with Gasteiger partial charge in [-0.05, 0) is 114 Å². The van der Waals surface area contributed by atoms with E-state index >= 15 is 0 Å². The fraction of sp³-hybridized carbons (Fsp3) is 0.288. The number of benzene rings is 6. The molecule has 322 valence electrons. The average molecular weight is 951 g/mol. The molecule has 0 saturated carbocycles. The van der Waals surface area contributed by atoms with Crippen LogP contribution in [0.3, 0.4) is 0 Å². The van der Waals surface area contributed by atoms with Gasteiger partial charge in [-0.3, -0.25) is 4.79 Å². The minimum absolute atomic E-state index is 0. The zero-order chi connectivity index (χ0) is 42.0. The van der Waals surface area contributed by atoms with E-state index in [9.17, 15) is 0 Å². The maximum absolute atomic E-state index is 7.50. The van der Waals surface area contributed by atoms with Crippen molar-refractivity contribution in [1.29, 1.82) is 0 Å². The Morgan fingerprint density at radius 2 is 0.517 bits per heavy atom. The quantitative estimate of drug-likeness (QED) is 0.0410. The molecule has 0 aliphatic heterocycles. The van der Waals surface area contributed by atoms with Crippen molar-refractivity contribution in [3.05, 3.63) is 182 Å². The second kappa shape index (κ2) is 35.4. The summed E-state index contributed by atoms with van der Waals surface area (Å²) in [6.45, 7) is 15.7. The minimum atomic E-state index is -0.247. The zero-order valence-corrected chi connectivity index (χ0v) is 39.9.